The molecule has 1 aromatic rings. The van der Waals surface area contributed by atoms with Crippen LogP contribution in [0.25, 0.3) is 0 Å². The molecule has 2 heterocycles. The number of hydrogen-bond donors (Lipinski definition) is 0. The minimum atomic E-state index is -0.562. The lowest BCUT2D eigenvalue weighted by molar-refractivity contribution is -0.170. The molecule has 1 aliphatic carbocycles. The monoisotopic (exact) mass is 387 g/mol. The maximum Gasteiger partial charge on any atom is 0.213 e. The van der Waals surface area contributed by atoms with Crippen molar-refractivity contribution in [1.29, 1.82) is 0 Å². The predicted octanol–water partition coefficient (Wildman–Crippen LogP) is 5.55. The lowest BCUT2D eigenvalue weighted by Gasteiger charge is -2.47. The van der Waals surface area contributed by atoms with Crippen molar-refractivity contribution in [3.05, 3.63) is 23.9 Å². The molecule has 3 rings (SSSR count). The van der Waals surface area contributed by atoms with Crippen LogP contribution in [0.4, 0.5) is 0 Å². The van der Waals surface area contributed by atoms with Gasteiger partial charge < -0.3 is 9.47 Å². The molecule has 28 heavy (non-hydrogen) atoms. The zero-order valence-electron chi connectivity index (χ0n) is 18.3. The van der Waals surface area contributed by atoms with E-state index in [1.165, 1.54) is 37.7 Å². The van der Waals surface area contributed by atoms with E-state index in [-0.39, 0.29) is 11.7 Å². The highest BCUT2D eigenvalue weighted by Gasteiger charge is 2.47. The van der Waals surface area contributed by atoms with Crippen LogP contribution in [0.1, 0.15) is 84.1 Å². The summed E-state index contributed by atoms with van der Waals surface area (Å²) in [6, 6.07) is 4.24. The molecule has 2 aliphatic rings. The SMILES string of the molecule is COc1cc(C2CCCC(C)(C3CCC(C(C)=O)(C(C)C)OC3)CC2)ccn1. The molecule has 4 unspecified atom stereocenters. The lowest BCUT2D eigenvalue weighted by atomic mass is 9.66. The maximum atomic E-state index is 12.3. The zero-order chi connectivity index (χ0) is 20.4. The van der Waals surface area contributed by atoms with Crippen LogP contribution >= 0.6 is 0 Å². The topological polar surface area (TPSA) is 48.4 Å². The predicted molar refractivity (Wildman–Crippen MR) is 112 cm³/mol. The molecule has 2 fully saturated rings. The highest BCUT2D eigenvalue weighted by atomic mass is 16.5. The summed E-state index contributed by atoms with van der Waals surface area (Å²) in [6.07, 6.45) is 9.94. The van der Waals surface area contributed by atoms with Crippen LogP contribution in [0.2, 0.25) is 0 Å². The van der Waals surface area contributed by atoms with Gasteiger partial charge in [0.05, 0.1) is 13.7 Å². The number of hydrogen-bond acceptors (Lipinski definition) is 4. The van der Waals surface area contributed by atoms with Crippen LogP contribution in [0, 0.1) is 17.3 Å². The second kappa shape index (κ2) is 8.52. The molecule has 4 heteroatoms. The summed E-state index contributed by atoms with van der Waals surface area (Å²) < 4.78 is 11.6. The van der Waals surface area contributed by atoms with E-state index in [0.29, 0.717) is 23.1 Å². The highest BCUT2D eigenvalue weighted by Crippen LogP contribution is 2.49. The third-order valence-electron chi connectivity index (χ3n) is 7.72. The normalized spacial score (nSPS) is 34.1. The van der Waals surface area contributed by atoms with Crippen LogP contribution in [-0.4, -0.2) is 30.1 Å². The molecule has 1 aliphatic heterocycles. The fourth-order valence-corrected chi connectivity index (χ4v) is 5.54. The van der Waals surface area contributed by atoms with Crippen molar-refractivity contribution < 1.29 is 14.3 Å². The zero-order valence-corrected chi connectivity index (χ0v) is 18.3. The van der Waals surface area contributed by atoms with Crippen molar-refractivity contribution in [3.8, 4) is 5.88 Å². The fourth-order valence-electron chi connectivity index (χ4n) is 5.54. The minimum absolute atomic E-state index is 0.193. The molecule has 156 valence electrons. The van der Waals surface area contributed by atoms with Gasteiger partial charge in [-0.15, -0.1) is 0 Å². The van der Waals surface area contributed by atoms with Gasteiger partial charge in [0, 0.05) is 12.3 Å². The van der Waals surface area contributed by atoms with Crippen molar-refractivity contribution in [3.63, 3.8) is 0 Å². The molecule has 4 nitrogen and oxygen atoms in total. The summed E-state index contributed by atoms with van der Waals surface area (Å²) in [7, 11) is 1.68. The molecule has 0 N–H and O–H groups in total. The molecule has 0 spiro atoms. The van der Waals surface area contributed by atoms with Gasteiger partial charge in [-0.2, -0.15) is 0 Å². The van der Waals surface area contributed by atoms with Gasteiger partial charge in [0.1, 0.15) is 5.60 Å². The Labute approximate surface area is 170 Å². The van der Waals surface area contributed by atoms with Crippen LogP contribution in [0.15, 0.2) is 18.3 Å². The van der Waals surface area contributed by atoms with Gasteiger partial charge in [0.15, 0.2) is 5.78 Å². The molecule has 1 saturated carbocycles. The second-order valence-corrected chi connectivity index (χ2v) is 9.56. The van der Waals surface area contributed by atoms with Gasteiger partial charge in [-0.1, -0.05) is 27.2 Å². The van der Waals surface area contributed by atoms with E-state index < -0.39 is 5.60 Å². The van der Waals surface area contributed by atoms with Crippen LogP contribution < -0.4 is 4.74 Å². The number of methoxy groups -OCH3 is 1. The Morgan fingerprint density at radius 2 is 2.04 bits per heavy atom. The second-order valence-electron chi connectivity index (χ2n) is 9.56. The van der Waals surface area contributed by atoms with E-state index in [4.69, 9.17) is 9.47 Å². The first-order chi connectivity index (χ1) is 13.3. The molecule has 4 atom stereocenters. The lowest BCUT2D eigenvalue weighted by Crippen LogP contribution is -2.51. The van der Waals surface area contributed by atoms with Gasteiger partial charge in [0.25, 0.3) is 0 Å². The molecular formula is C24H37NO3. The Kier molecular flexibility index (Phi) is 6.48. The highest BCUT2D eigenvalue weighted by molar-refractivity contribution is 5.85. The summed E-state index contributed by atoms with van der Waals surface area (Å²) in [5, 5.41) is 0. The van der Waals surface area contributed by atoms with E-state index in [1.807, 2.05) is 6.20 Å². The van der Waals surface area contributed by atoms with Crippen molar-refractivity contribution in [2.75, 3.05) is 13.7 Å². The molecule has 1 aromatic heterocycles. The average Bonchev–Trinajstić information content (AvgIpc) is 2.90. The standard InChI is InChI=1S/C24H37NO3/c1-17(2)24(18(3)26)13-9-21(16-28-24)23(4)11-6-7-19(8-12-23)20-10-14-25-22(15-20)27-5/h10,14-15,17,19,21H,6-9,11-13,16H2,1-5H3. The third-order valence-corrected chi connectivity index (χ3v) is 7.72. The minimum Gasteiger partial charge on any atom is -0.481 e. The number of nitrogens with zero attached hydrogens (tertiary/aromatic N) is 1. The number of Topliss-reactive ketones (excluding diaryl/α,β-unsaturated/α-hetero) is 1. The Balaban J connectivity index is 1.66. The first-order valence-corrected chi connectivity index (χ1v) is 11.0. The van der Waals surface area contributed by atoms with Crippen molar-refractivity contribution in [2.24, 2.45) is 17.3 Å². The van der Waals surface area contributed by atoms with Gasteiger partial charge in [0.2, 0.25) is 5.88 Å². The first-order valence-electron chi connectivity index (χ1n) is 11.0. The third kappa shape index (κ3) is 4.12. The summed E-state index contributed by atoms with van der Waals surface area (Å²) in [4.78, 5) is 16.5. The van der Waals surface area contributed by atoms with E-state index in [9.17, 15) is 4.79 Å². The molecule has 1 saturated heterocycles. The number of ether oxygens (including phenoxy) is 2. The van der Waals surface area contributed by atoms with Crippen molar-refractivity contribution in [1.82, 2.24) is 4.98 Å². The molecule has 0 radical (unpaired) electrons. The Morgan fingerprint density at radius 3 is 2.64 bits per heavy atom. The van der Waals surface area contributed by atoms with E-state index in [0.717, 1.165) is 19.4 Å². The van der Waals surface area contributed by atoms with Crippen LogP contribution in [0.5, 0.6) is 5.88 Å². The number of carbonyl (C=O) groups excluding carboxylic acids is 1. The summed E-state index contributed by atoms with van der Waals surface area (Å²) >= 11 is 0. The molecule has 0 aromatic carbocycles. The molecular weight excluding hydrogens is 350 g/mol. The van der Waals surface area contributed by atoms with Gasteiger partial charge >= 0.3 is 0 Å². The van der Waals surface area contributed by atoms with Crippen molar-refractivity contribution in [2.45, 2.75) is 84.2 Å². The van der Waals surface area contributed by atoms with Crippen LogP contribution in [0.3, 0.4) is 0 Å². The molecule has 0 bridgehead atoms. The Hall–Kier alpha value is -1.42. The largest absolute Gasteiger partial charge is 0.481 e. The summed E-state index contributed by atoms with van der Waals surface area (Å²) in [5.41, 5.74) is 1.09. The van der Waals surface area contributed by atoms with Gasteiger partial charge in [-0.25, -0.2) is 4.98 Å². The smallest absolute Gasteiger partial charge is 0.213 e. The average molecular weight is 388 g/mol. The number of aromatic nitrogens is 1. The maximum absolute atomic E-state index is 12.3. The number of ketones is 1. The molecule has 0 amide bonds. The summed E-state index contributed by atoms with van der Waals surface area (Å²) in [5.74, 6) is 2.26. The number of carbonyl (C=O) groups is 1. The van der Waals surface area contributed by atoms with E-state index in [2.05, 4.69) is 37.9 Å². The quantitative estimate of drug-likeness (QED) is 0.621. The van der Waals surface area contributed by atoms with Crippen LogP contribution in [-0.2, 0) is 9.53 Å². The van der Waals surface area contributed by atoms with Gasteiger partial charge in [-0.05, 0) is 80.2 Å². The number of pyridine rings is 1. The van der Waals surface area contributed by atoms with E-state index in [1.54, 1.807) is 14.0 Å². The van der Waals surface area contributed by atoms with Crippen molar-refractivity contribution >= 4 is 5.78 Å². The van der Waals surface area contributed by atoms with Gasteiger partial charge in [-0.3, -0.25) is 4.79 Å². The Morgan fingerprint density at radius 1 is 1.25 bits per heavy atom. The first kappa shape index (κ1) is 21.3. The summed E-state index contributed by atoms with van der Waals surface area (Å²) in [6.45, 7) is 9.10. The van der Waals surface area contributed by atoms with E-state index >= 15 is 0 Å². The Bertz CT molecular complexity index is 678. The fraction of sp³-hybridized carbons (Fsp3) is 0.750. The number of rotatable bonds is 5.